The van der Waals surface area contributed by atoms with Crippen molar-refractivity contribution in [2.45, 2.75) is 52.1 Å². The van der Waals surface area contributed by atoms with Crippen LogP contribution in [0.2, 0.25) is 0 Å². The standard InChI is InChI=1S/C10H23NO/c1-4-5-6-7-8-11-9-10(2,3)12/h11-12H,4-9H2,1-3H3. The normalized spacial score (nSPS) is 12.0. The van der Waals surface area contributed by atoms with E-state index in [1.54, 1.807) is 0 Å². The Kier molecular flexibility index (Phi) is 6.39. The van der Waals surface area contributed by atoms with Crippen LogP contribution in [0.4, 0.5) is 0 Å². The van der Waals surface area contributed by atoms with Gasteiger partial charge in [-0.2, -0.15) is 0 Å². The monoisotopic (exact) mass is 173 g/mol. The maximum Gasteiger partial charge on any atom is 0.0715 e. The fourth-order valence-corrected chi connectivity index (χ4v) is 1.07. The molecule has 0 aliphatic carbocycles. The van der Waals surface area contributed by atoms with E-state index in [-0.39, 0.29) is 0 Å². The number of rotatable bonds is 7. The third-order valence-electron chi connectivity index (χ3n) is 1.76. The van der Waals surface area contributed by atoms with Crippen LogP contribution < -0.4 is 5.32 Å². The highest BCUT2D eigenvalue weighted by atomic mass is 16.3. The number of hydrogen-bond donors (Lipinski definition) is 2. The van der Waals surface area contributed by atoms with Crippen molar-refractivity contribution in [3.05, 3.63) is 0 Å². The highest BCUT2D eigenvalue weighted by Crippen LogP contribution is 1.99. The molecule has 0 atom stereocenters. The van der Waals surface area contributed by atoms with Crippen molar-refractivity contribution in [2.24, 2.45) is 0 Å². The largest absolute Gasteiger partial charge is 0.389 e. The quantitative estimate of drug-likeness (QED) is 0.577. The summed E-state index contributed by atoms with van der Waals surface area (Å²) >= 11 is 0. The lowest BCUT2D eigenvalue weighted by molar-refractivity contribution is 0.0799. The van der Waals surface area contributed by atoms with E-state index in [0.717, 1.165) is 6.54 Å². The van der Waals surface area contributed by atoms with Crippen LogP contribution in [0.25, 0.3) is 0 Å². The van der Waals surface area contributed by atoms with Crippen molar-refractivity contribution >= 4 is 0 Å². The van der Waals surface area contributed by atoms with Crippen molar-refractivity contribution in [3.63, 3.8) is 0 Å². The molecule has 0 heterocycles. The van der Waals surface area contributed by atoms with Crippen LogP contribution in [-0.4, -0.2) is 23.8 Å². The van der Waals surface area contributed by atoms with Gasteiger partial charge in [0, 0.05) is 6.54 Å². The molecule has 0 fully saturated rings. The molecule has 0 aliphatic rings. The van der Waals surface area contributed by atoms with Crippen LogP contribution >= 0.6 is 0 Å². The van der Waals surface area contributed by atoms with Gasteiger partial charge in [0.1, 0.15) is 0 Å². The molecule has 0 saturated carbocycles. The average molecular weight is 173 g/mol. The van der Waals surface area contributed by atoms with Gasteiger partial charge in [0.25, 0.3) is 0 Å². The first-order valence-electron chi connectivity index (χ1n) is 4.99. The predicted octanol–water partition coefficient (Wildman–Crippen LogP) is 1.93. The molecule has 12 heavy (non-hydrogen) atoms. The first kappa shape index (κ1) is 11.9. The summed E-state index contributed by atoms with van der Waals surface area (Å²) < 4.78 is 0. The van der Waals surface area contributed by atoms with Crippen molar-refractivity contribution in [1.29, 1.82) is 0 Å². The summed E-state index contributed by atoms with van der Waals surface area (Å²) in [6, 6.07) is 0. The maximum absolute atomic E-state index is 9.36. The fraction of sp³-hybridized carbons (Fsp3) is 1.00. The molecule has 0 aliphatic heterocycles. The van der Waals surface area contributed by atoms with Gasteiger partial charge in [-0.25, -0.2) is 0 Å². The highest BCUT2D eigenvalue weighted by molar-refractivity contribution is 4.67. The van der Waals surface area contributed by atoms with E-state index in [4.69, 9.17) is 0 Å². The predicted molar refractivity (Wildman–Crippen MR) is 53.3 cm³/mol. The zero-order valence-electron chi connectivity index (χ0n) is 8.69. The van der Waals surface area contributed by atoms with E-state index in [1.165, 1.54) is 25.7 Å². The molecule has 0 amide bonds. The second kappa shape index (κ2) is 6.44. The van der Waals surface area contributed by atoms with Crippen LogP contribution in [0, 0.1) is 0 Å². The molecule has 0 saturated heterocycles. The second-order valence-electron chi connectivity index (χ2n) is 4.05. The first-order chi connectivity index (χ1) is 5.56. The molecule has 2 N–H and O–H groups in total. The van der Waals surface area contributed by atoms with Gasteiger partial charge >= 0.3 is 0 Å². The Morgan fingerprint density at radius 1 is 1.17 bits per heavy atom. The highest BCUT2D eigenvalue weighted by Gasteiger charge is 2.10. The molecule has 0 bridgehead atoms. The maximum atomic E-state index is 9.36. The molecular weight excluding hydrogens is 150 g/mol. The smallest absolute Gasteiger partial charge is 0.0715 e. The second-order valence-corrected chi connectivity index (χ2v) is 4.05. The van der Waals surface area contributed by atoms with E-state index in [9.17, 15) is 5.11 Å². The average Bonchev–Trinajstić information content (AvgIpc) is 1.94. The summed E-state index contributed by atoms with van der Waals surface area (Å²) in [6.07, 6.45) is 5.13. The van der Waals surface area contributed by atoms with Crippen molar-refractivity contribution in [3.8, 4) is 0 Å². The van der Waals surface area contributed by atoms with Crippen molar-refractivity contribution < 1.29 is 5.11 Å². The van der Waals surface area contributed by atoms with Gasteiger partial charge in [-0.15, -0.1) is 0 Å². The number of unbranched alkanes of at least 4 members (excludes halogenated alkanes) is 3. The van der Waals surface area contributed by atoms with Crippen LogP contribution in [-0.2, 0) is 0 Å². The first-order valence-corrected chi connectivity index (χ1v) is 4.99. The lowest BCUT2D eigenvalue weighted by Gasteiger charge is -2.17. The summed E-state index contributed by atoms with van der Waals surface area (Å²) in [5.41, 5.74) is -0.565. The summed E-state index contributed by atoms with van der Waals surface area (Å²) in [5, 5.41) is 12.6. The van der Waals surface area contributed by atoms with E-state index in [0.29, 0.717) is 6.54 Å². The molecule has 0 unspecified atom stereocenters. The van der Waals surface area contributed by atoms with Gasteiger partial charge in [0.05, 0.1) is 5.60 Å². The summed E-state index contributed by atoms with van der Waals surface area (Å²) in [7, 11) is 0. The van der Waals surface area contributed by atoms with Crippen LogP contribution in [0.5, 0.6) is 0 Å². The van der Waals surface area contributed by atoms with Gasteiger partial charge in [-0.05, 0) is 26.8 Å². The third-order valence-corrected chi connectivity index (χ3v) is 1.76. The number of hydrogen-bond acceptors (Lipinski definition) is 2. The van der Waals surface area contributed by atoms with Gasteiger partial charge in [-0.3, -0.25) is 0 Å². The Bertz CT molecular complexity index is 96.5. The number of aliphatic hydroxyl groups is 1. The Hall–Kier alpha value is -0.0800. The lowest BCUT2D eigenvalue weighted by atomic mass is 10.1. The van der Waals surface area contributed by atoms with Crippen LogP contribution in [0.3, 0.4) is 0 Å². The molecule has 0 aromatic carbocycles. The minimum atomic E-state index is -0.565. The van der Waals surface area contributed by atoms with Crippen molar-refractivity contribution in [1.82, 2.24) is 5.32 Å². The Balaban J connectivity index is 3.01. The fourth-order valence-electron chi connectivity index (χ4n) is 1.07. The van der Waals surface area contributed by atoms with Gasteiger partial charge in [-0.1, -0.05) is 26.2 Å². The number of nitrogens with one attached hydrogen (secondary N) is 1. The molecule has 2 heteroatoms. The molecular formula is C10H23NO. The summed E-state index contributed by atoms with van der Waals surface area (Å²) in [6.45, 7) is 7.59. The minimum Gasteiger partial charge on any atom is -0.389 e. The van der Waals surface area contributed by atoms with E-state index in [2.05, 4.69) is 12.2 Å². The molecule has 0 rings (SSSR count). The van der Waals surface area contributed by atoms with E-state index < -0.39 is 5.60 Å². The van der Waals surface area contributed by atoms with Crippen molar-refractivity contribution in [2.75, 3.05) is 13.1 Å². The van der Waals surface area contributed by atoms with E-state index >= 15 is 0 Å². The topological polar surface area (TPSA) is 32.3 Å². The zero-order chi connectivity index (χ0) is 9.45. The Morgan fingerprint density at radius 3 is 2.33 bits per heavy atom. The molecule has 0 aromatic rings. The summed E-state index contributed by atoms with van der Waals surface area (Å²) in [5.74, 6) is 0. The Morgan fingerprint density at radius 2 is 1.83 bits per heavy atom. The zero-order valence-corrected chi connectivity index (χ0v) is 8.69. The molecule has 2 nitrogen and oxygen atoms in total. The SMILES string of the molecule is CCCCCCNCC(C)(C)O. The van der Waals surface area contributed by atoms with Gasteiger partial charge in [0.15, 0.2) is 0 Å². The van der Waals surface area contributed by atoms with Crippen LogP contribution in [0.15, 0.2) is 0 Å². The molecule has 0 aromatic heterocycles. The van der Waals surface area contributed by atoms with Crippen LogP contribution in [0.1, 0.15) is 46.5 Å². The van der Waals surface area contributed by atoms with Gasteiger partial charge < -0.3 is 10.4 Å². The molecule has 0 spiro atoms. The minimum absolute atomic E-state index is 0.565. The molecule has 74 valence electrons. The molecule has 0 radical (unpaired) electrons. The Labute approximate surface area is 76.4 Å². The van der Waals surface area contributed by atoms with Gasteiger partial charge in [0.2, 0.25) is 0 Å². The lowest BCUT2D eigenvalue weighted by Crippen LogP contribution is -2.35. The third kappa shape index (κ3) is 9.92. The van der Waals surface area contributed by atoms with E-state index in [1.807, 2.05) is 13.8 Å². The summed E-state index contributed by atoms with van der Waals surface area (Å²) in [4.78, 5) is 0.